The highest BCUT2D eigenvalue weighted by molar-refractivity contribution is 7.92. The van der Waals surface area contributed by atoms with Crippen molar-refractivity contribution in [1.82, 2.24) is 0 Å². The van der Waals surface area contributed by atoms with E-state index in [-0.39, 0.29) is 16.3 Å². The molecule has 0 saturated heterocycles. The van der Waals surface area contributed by atoms with Crippen molar-refractivity contribution in [3.05, 3.63) is 89.0 Å². The number of carbonyl (C=O) groups is 1. The van der Waals surface area contributed by atoms with Crippen molar-refractivity contribution in [1.29, 1.82) is 0 Å². The summed E-state index contributed by atoms with van der Waals surface area (Å²) in [5.74, 6) is -2.91. The maximum absolute atomic E-state index is 13.4. The Hall–Kier alpha value is -2.97. The van der Waals surface area contributed by atoms with Gasteiger partial charge < -0.3 is 5.32 Å². The van der Waals surface area contributed by atoms with Gasteiger partial charge in [-0.2, -0.15) is 0 Å². The molecule has 1 amide bonds. The summed E-state index contributed by atoms with van der Waals surface area (Å²) < 4.78 is 53.8. The maximum atomic E-state index is 13.4. The Morgan fingerprint density at radius 1 is 0.967 bits per heavy atom. The topological polar surface area (TPSA) is 66.5 Å². The van der Waals surface area contributed by atoms with Gasteiger partial charge in [0.05, 0.1) is 10.6 Å². The molecule has 0 bridgehead atoms. The molecule has 1 N–H and O–H groups in total. The van der Waals surface area contributed by atoms with Crippen molar-refractivity contribution >= 4 is 38.9 Å². The lowest BCUT2D eigenvalue weighted by Gasteiger charge is -2.24. The minimum Gasteiger partial charge on any atom is -0.324 e. The quantitative estimate of drug-likeness (QED) is 0.588. The second-order valence-corrected chi connectivity index (χ2v) is 8.78. The van der Waals surface area contributed by atoms with Gasteiger partial charge in [-0.15, -0.1) is 0 Å². The van der Waals surface area contributed by atoms with Crippen molar-refractivity contribution in [2.24, 2.45) is 0 Å². The first kappa shape index (κ1) is 21.7. The average molecular weight is 451 g/mol. The van der Waals surface area contributed by atoms with Crippen molar-refractivity contribution in [2.45, 2.75) is 11.8 Å². The number of hydrogen-bond acceptors (Lipinski definition) is 3. The maximum Gasteiger partial charge on any atom is 0.264 e. The molecular formula is C21H17ClF2N2O3S. The molecule has 0 aliphatic carbocycles. The molecule has 0 aliphatic rings. The highest BCUT2D eigenvalue weighted by Crippen LogP contribution is 2.25. The summed E-state index contributed by atoms with van der Waals surface area (Å²) in [6, 6.07) is 15.0. The van der Waals surface area contributed by atoms with Gasteiger partial charge in [-0.05, 0) is 55.5 Å². The van der Waals surface area contributed by atoms with Crippen LogP contribution in [-0.2, 0) is 14.8 Å². The van der Waals surface area contributed by atoms with E-state index in [0.29, 0.717) is 5.02 Å². The molecule has 0 atom stereocenters. The van der Waals surface area contributed by atoms with E-state index in [1.165, 1.54) is 30.3 Å². The molecule has 3 rings (SSSR count). The highest BCUT2D eigenvalue weighted by atomic mass is 35.5. The highest BCUT2D eigenvalue weighted by Gasteiger charge is 2.27. The van der Waals surface area contributed by atoms with E-state index in [1.807, 2.05) is 6.92 Å². The first-order valence-electron chi connectivity index (χ1n) is 8.77. The van der Waals surface area contributed by atoms with E-state index < -0.39 is 34.1 Å². The van der Waals surface area contributed by atoms with Crippen LogP contribution < -0.4 is 9.62 Å². The van der Waals surface area contributed by atoms with E-state index in [1.54, 1.807) is 24.3 Å². The SMILES string of the molecule is Cc1ccc(N(CC(=O)Nc2ccc(F)c(F)c2)S(=O)(=O)c2ccc(Cl)cc2)cc1. The van der Waals surface area contributed by atoms with Crippen molar-refractivity contribution in [2.75, 3.05) is 16.2 Å². The predicted molar refractivity (Wildman–Crippen MR) is 112 cm³/mol. The number of rotatable bonds is 6. The lowest BCUT2D eigenvalue weighted by molar-refractivity contribution is -0.114. The third-order valence-electron chi connectivity index (χ3n) is 4.21. The smallest absolute Gasteiger partial charge is 0.264 e. The third kappa shape index (κ3) is 4.95. The lowest BCUT2D eigenvalue weighted by atomic mass is 10.2. The molecule has 3 aromatic carbocycles. The van der Waals surface area contributed by atoms with Crippen LogP contribution in [0.2, 0.25) is 5.02 Å². The van der Waals surface area contributed by atoms with Crippen molar-refractivity contribution in [3.8, 4) is 0 Å². The molecular weight excluding hydrogens is 434 g/mol. The van der Waals surface area contributed by atoms with Crippen molar-refractivity contribution < 1.29 is 22.0 Å². The number of aryl methyl sites for hydroxylation is 1. The van der Waals surface area contributed by atoms with Crippen LogP contribution in [-0.4, -0.2) is 20.9 Å². The average Bonchev–Trinajstić information content (AvgIpc) is 2.70. The zero-order valence-electron chi connectivity index (χ0n) is 15.8. The number of nitrogens with zero attached hydrogens (tertiary/aromatic N) is 1. The molecule has 3 aromatic rings. The zero-order chi connectivity index (χ0) is 21.9. The summed E-state index contributed by atoms with van der Waals surface area (Å²) in [7, 11) is -4.11. The Balaban J connectivity index is 1.93. The fraction of sp³-hybridized carbons (Fsp3) is 0.0952. The predicted octanol–water partition coefficient (Wildman–Crippen LogP) is 4.76. The molecule has 0 spiro atoms. The van der Waals surface area contributed by atoms with E-state index in [4.69, 9.17) is 11.6 Å². The molecule has 0 unspecified atom stereocenters. The Morgan fingerprint density at radius 2 is 1.60 bits per heavy atom. The van der Waals surface area contributed by atoms with Gasteiger partial charge in [0.25, 0.3) is 10.0 Å². The first-order valence-corrected chi connectivity index (χ1v) is 10.6. The van der Waals surface area contributed by atoms with Crippen molar-refractivity contribution in [3.63, 3.8) is 0 Å². The number of hydrogen-bond donors (Lipinski definition) is 1. The number of amides is 1. The van der Waals surface area contributed by atoms with Gasteiger partial charge in [-0.3, -0.25) is 9.10 Å². The number of carbonyl (C=O) groups excluding carboxylic acids is 1. The van der Waals surface area contributed by atoms with Crippen LogP contribution in [0, 0.1) is 18.6 Å². The minimum absolute atomic E-state index is 0.00615. The molecule has 9 heteroatoms. The molecule has 0 radical (unpaired) electrons. The monoisotopic (exact) mass is 450 g/mol. The van der Waals surface area contributed by atoms with Gasteiger partial charge in [-0.1, -0.05) is 29.3 Å². The number of nitrogens with one attached hydrogen (secondary N) is 1. The van der Waals surface area contributed by atoms with Crippen LogP contribution in [0.1, 0.15) is 5.56 Å². The minimum atomic E-state index is -4.11. The second-order valence-electron chi connectivity index (χ2n) is 6.48. The molecule has 0 aliphatic heterocycles. The fourth-order valence-corrected chi connectivity index (χ4v) is 4.21. The van der Waals surface area contributed by atoms with Crippen LogP contribution in [0.3, 0.4) is 0 Å². The number of halogens is 3. The van der Waals surface area contributed by atoms with E-state index in [0.717, 1.165) is 22.0 Å². The van der Waals surface area contributed by atoms with Crippen LogP contribution in [0.4, 0.5) is 20.2 Å². The van der Waals surface area contributed by atoms with E-state index in [9.17, 15) is 22.0 Å². The molecule has 0 heterocycles. The zero-order valence-corrected chi connectivity index (χ0v) is 17.3. The van der Waals surface area contributed by atoms with E-state index in [2.05, 4.69) is 5.32 Å². The number of sulfonamides is 1. The third-order valence-corrected chi connectivity index (χ3v) is 6.25. The summed E-state index contributed by atoms with van der Waals surface area (Å²) in [5.41, 5.74) is 1.19. The van der Waals surface area contributed by atoms with Gasteiger partial charge in [0.2, 0.25) is 5.91 Å². The molecule has 0 fully saturated rings. The molecule has 156 valence electrons. The Labute approximate surface area is 178 Å². The van der Waals surface area contributed by atoms with Gasteiger partial charge in [0.1, 0.15) is 6.54 Å². The normalized spacial score (nSPS) is 11.2. The second kappa shape index (κ2) is 8.81. The van der Waals surface area contributed by atoms with Gasteiger partial charge in [-0.25, -0.2) is 17.2 Å². The summed E-state index contributed by atoms with van der Waals surface area (Å²) in [6.45, 7) is 1.27. The Bertz CT molecular complexity index is 1170. The number of benzene rings is 3. The summed E-state index contributed by atoms with van der Waals surface area (Å²) >= 11 is 5.84. The van der Waals surface area contributed by atoms with Crippen LogP contribution in [0.25, 0.3) is 0 Å². The lowest BCUT2D eigenvalue weighted by Crippen LogP contribution is -2.38. The Morgan fingerprint density at radius 3 is 2.20 bits per heavy atom. The molecule has 0 aromatic heterocycles. The van der Waals surface area contributed by atoms with Crippen LogP contribution in [0.15, 0.2) is 71.6 Å². The molecule has 0 saturated carbocycles. The standard InChI is InChI=1S/C21H17ClF2N2O3S/c1-14-2-7-17(8-3-14)26(30(28,29)18-9-4-15(22)5-10-18)13-21(27)25-16-6-11-19(23)20(24)12-16/h2-12H,13H2,1H3,(H,25,27). The number of anilines is 2. The Kier molecular flexibility index (Phi) is 6.38. The summed E-state index contributed by atoms with van der Waals surface area (Å²) in [6.07, 6.45) is 0. The fourth-order valence-electron chi connectivity index (χ4n) is 2.66. The summed E-state index contributed by atoms with van der Waals surface area (Å²) in [4.78, 5) is 12.5. The van der Waals surface area contributed by atoms with Crippen LogP contribution in [0.5, 0.6) is 0 Å². The van der Waals surface area contributed by atoms with Gasteiger partial charge in [0, 0.05) is 16.8 Å². The molecule has 30 heavy (non-hydrogen) atoms. The largest absolute Gasteiger partial charge is 0.324 e. The van der Waals surface area contributed by atoms with Crippen LogP contribution >= 0.6 is 11.6 Å². The van der Waals surface area contributed by atoms with Gasteiger partial charge in [0.15, 0.2) is 11.6 Å². The van der Waals surface area contributed by atoms with E-state index >= 15 is 0 Å². The summed E-state index contributed by atoms with van der Waals surface area (Å²) in [5, 5.41) is 2.75. The van der Waals surface area contributed by atoms with Gasteiger partial charge >= 0.3 is 0 Å². The molecule has 5 nitrogen and oxygen atoms in total. The first-order chi connectivity index (χ1) is 14.2.